The molecule has 0 saturated heterocycles. The van der Waals surface area contributed by atoms with Crippen molar-refractivity contribution in [2.24, 2.45) is 0 Å². The van der Waals surface area contributed by atoms with E-state index in [1.807, 2.05) is 18.7 Å². The van der Waals surface area contributed by atoms with Crippen molar-refractivity contribution in [1.29, 1.82) is 0 Å². The SMILES string of the molecule is CCN(CC)c1nc2ncn(CC(=O)Nc3ccc(Br)cc3F)c(=O)c2s1. The second-order valence-corrected chi connectivity index (χ2v) is 7.56. The summed E-state index contributed by atoms with van der Waals surface area (Å²) in [6.45, 7) is 5.28. The molecular formula is C17H17BrFN5O2S. The number of aromatic nitrogens is 3. The molecule has 0 aliphatic carbocycles. The monoisotopic (exact) mass is 453 g/mol. The molecule has 142 valence electrons. The van der Waals surface area contributed by atoms with Crippen LogP contribution in [0.25, 0.3) is 10.3 Å². The van der Waals surface area contributed by atoms with Gasteiger partial charge in [0, 0.05) is 17.6 Å². The van der Waals surface area contributed by atoms with E-state index in [9.17, 15) is 14.0 Å². The summed E-state index contributed by atoms with van der Waals surface area (Å²) in [6, 6.07) is 4.31. The lowest BCUT2D eigenvalue weighted by Crippen LogP contribution is -2.27. The van der Waals surface area contributed by atoms with Gasteiger partial charge in [0.15, 0.2) is 10.8 Å². The van der Waals surface area contributed by atoms with Crippen LogP contribution < -0.4 is 15.8 Å². The van der Waals surface area contributed by atoms with Crippen molar-refractivity contribution in [3.63, 3.8) is 0 Å². The zero-order chi connectivity index (χ0) is 19.6. The second-order valence-electron chi connectivity index (χ2n) is 5.67. The summed E-state index contributed by atoms with van der Waals surface area (Å²) in [5, 5.41) is 3.18. The molecular weight excluding hydrogens is 437 g/mol. The van der Waals surface area contributed by atoms with Crippen LogP contribution in [0.2, 0.25) is 0 Å². The molecule has 2 heterocycles. The van der Waals surface area contributed by atoms with Crippen LogP contribution in [0.1, 0.15) is 13.8 Å². The van der Waals surface area contributed by atoms with Gasteiger partial charge in [0.2, 0.25) is 5.91 Å². The predicted molar refractivity (Wildman–Crippen MR) is 108 cm³/mol. The first kappa shape index (κ1) is 19.4. The van der Waals surface area contributed by atoms with E-state index in [1.54, 1.807) is 6.07 Å². The third-order valence-corrected chi connectivity index (χ3v) is 5.51. The largest absolute Gasteiger partial charge is 0.349 e. The summed E-state index contributed by atoms with van der Waals surface area (Å²) < 4.78 is 16.0. The number of hydrogen-bond acceptors (Lipinski definition) is 6. The predicted octanol–water partition coefficient (Wildman–Crippen LogP) is 3.24. The van der Waals surface area contributed by atoms with E-state index in [0.29, 0.717) is 14.8 Å². The van der Waals surface area contributed by atoms with Crippen molar-refractivity contribution >= 4 is 54.3 Å². The molecule has 27 heavy (non-hydrogen) atoms. The number of anilines is 2. The first-order chi connectivity index (χ1) is 12.9. The van der Waals surface area contributed by atoms with Gasteiger partial charge in [-0.05, 0) is 32.0 Å². The van der Waals surface area contributed by atoms with Gasteiger partial charge in [0.1, 0.15) is 23.4 Å². The number of rotatable bonds is 6. The number of nitrogens with zero attached hydrogens (tertiary/aromatic N) is 4. The zero-order valence-electron chi connectivity index (χ0n) is 14.7. The average Bonchev–Trinajstić information content (AvgIpc) is 3.06. The van der Waals surface area contributed by atoms with Crippen LogP contribution in [0, 0.1) is 5.82 Å². The minimum absolute atomic E-state index is 0.0481. The van der Waals surface area contributed by atoms with Crippen LogP contribution in [0.4, 0.5) is 15.2 Å². The van der Waals surface area contributed by atoms with Crippen molar-refractivity contribution in [3.05, 3.63) is 45.2 Å². The Labute approximate surface area is 167 Å². The summed E-state index contributed by atoms with van der Waals surface area (Å²) in [5.74, 6) is -1.09. The molecule has 1 amide bonds. The molecule has 1 aromatic carbocycles. The normalized spacial score (nSPS) is 11.0. The number of carbonyl (C=O) groups is 1. The number of benzene rings is 1. The van der Waals surface area contributed by atoms with Crippen molar-refractivity contribution in [2.45, 2.75) is 20.4 Å². The van der Waals surface area contributed by atoms with E-state index >= 15 is 0 Å². The van der Waals surface area contributed by atoms with Gasteiger partial charge in [-0.25, -0.2) is 9.37 Å². The molecule has 3 rings (SSSR count). The Hall–Kier alpha value is -2.33. The Morgan fingerprint density at radius 3 is 2.78 bits per heavy atom. The molecule has 2 aromatic heterocycles. The van der Waals surface area contributed by atoms with E-state index in [4.69, 9.17) is 0 Å². The molecule has 0 radical (unpaired) electrons. The maximum atomic E-state index is 13.8. The summed E-state index contributed by atoms with van der Waals surface area (Å²) in [7, 11) is 0. The Bertz CT molecular complexity index is 1050. The first-order valence-corrected chi connectivity index (χ1v) is 9.89. The van der Waals surface area contributed by atoms with E-state index < -0.39 is 11.7 Å². The minimum Gasteiger partial charge on any atom is -0.349 e. The zero-order valence-corrected chi connectivity index (χ0v) is 17.1. The Morgan fingerprint density at radius 1 is 1.37 bits per heavy atom. The number of thiazole rings is 1. The van der Waals surface area contributed by atoms with Gasteiger partial charge in [0.05, 0.1) is 5.69 Å². The Morgan fingerprint density at radius 2 is 2.11 bits per heavy atom. The number of amides is 1. The fourth-order valence-electron chi connectivity index (χ4n) is 2.51. The summed E-state index contributed by atoms with van der Waals surface area (Å²) in [4.78, 5) is 35.5. The first-order valence-electron chi connectivity index (χ1n) is 8.28. The highest BCUT2D eigenvalue weighted by Crippen LogP contribution is 2.25. The van der Waals surface area contributed by atoms with E-state index in [2.05, 4.69) is 31.2 Å². The van der Waals surface area contributed by atoms with Crippen LogP contribution >= 0.6 is 27.3 Å². The van der Waals surface area contributed by atoms with E-state index in [0.717, 1.165) is 18.2 Å². The third kappa shape index (κ3) is 4.16. The van der Waals surface area contributed by atoms with Crippen LogP contribution in [-0.2, 0) is 11.3 Å². The van der Waals surface area contributed by atoms with Crippen molar-refractivity contribution in [2.75, 3.05) is 23.3 Å². The highest BCUT2D eigenvalue weighted by molar-refractivity contribution is 9.10. The highest BCUT2D eigenvalue weighted by atomic mass is 79.9. The lowest BCUT2D eigenvalue weighted by molar-refractivity contribution is -0.116. The molecule has 0 aliphatic rings. The number of fused-ring (bicyclic) bond motifs is 1. The molecule has 10 heteroatoms. The van der Waals surface area contributed by atoms with Gasteiger partial charge in [-0.2, -0.15) is 4.98 Å². The van der Waals surface area contributed by atoms with Gasteiger partial charge in [-0.15, -0.1) is 0 Å². The molecule has 0 atom stereocenters. The standard InChI is InChI=1S/C17H17BrFN5O2S/c1-3-23(4-2)17-22-15-14(27-17)16(26)24(9-20-15)8-13(25)21-12-6-5-10(18)7-11(12)19/h5-7,9H,3-4,8H2,1-2H3,(H,21,25). The van der Waals surface area contributed by atoms with Gasteiger partial charge in [-0.3, -0.25) is 14.2 Å². The summed E-state index contributed by atoms with van der Waals surface area (Å²) in [5.41, 5.74) is 0.0664. The van der Waals surface area contributed by atoms with Crippen LogP contribution in [-0.4, -0.2) is 33.5 Å². The highest BCUT2D eigenvalue weighted by Gasteiger charge is 2.16. The number of nitrogens with one attached hydrogen (secondary N) is 1. The molecule has 0 aliphatic heterocycles. The Kier molecular flexibility index (Phi) is 5.85. The van der Waals surface area contributed by atoms with Crippen LogP contribution in [0.3, 0.4) is 0 Å². The van der Waals surface area contributed by atoms with Crippen molar-refractivity contribution < 1.29 is 9.18 Å². The Balaban J connectivity index is 1.83. The van der Waals surface area contributed by atoms with Gasteiger partial charge >= 0.3 is 0 Å². The van der Waals surface area contributed by atoms with Gasteiger partial charge in [0.25, 0.3) is 5.56 Å². The molecule has 0 spiro atoms. The summed E-state index contributed by atoms with van der Waals surface area (Å²) >= 11 is 4.41. The number of carbonyl (C=O) groups excluding carboxylic acids is 1. The summed E-state index contributed by atoms with van der Waals surface area (Å²) in [6.07, 6.45) is 1.29. The fourth-order valence-corrected chi connectivity index (χ4v) is 3.94. The molecule has 0 saturated carbocycles. The number of halogens is 2. The number of hydrogen-bond donors (Lipinski definition) is 1. The van der Waals surface area contributed by atoms with Gasteiger partial charge < -0.3 is 10.2 Å². The lowest BCUT2D eigenvalue weighted by Gasteiger charge is -2.15. The maximum absolute atomic E-state index is 13.8. The second kappa shape index (κ2) is 8.13. The van der Waals surface area contributed by atoms with E-state index in [1.165, 1.54) is 34.4 Å². The molecule has 3 aromatic rings. The maximum Gasteiger partial charge on any atom is 0.273 e. The molecule has 0 unspecified atom stereocenters. The quantitative estimate of drug-likeness (QED) is 0.619. The average molecular weight is 454 g/mol. The molecule has 7 nitrogen and oxygen atoms in total. The third-order valence-electron chi connectivity index (χ3n) is 3.93. The van der Waals surface area contributed by atoms with Gasteiger partial charge in [-0.1, -0.05) is 27.3 Å². The van der Waals surface area contributed by atoms with E-state index in [-0.39, 0.29) is 17.8 Å². The molecule has 1 N–H and O–H groups in total. The smallest absolute Gasteiger partial charge is 0.273 e. The molecule has 0 bridgehead atoms. The minimum atomic E-state index is -0.565. The molecule has 0 fully saturated rings. The topological polar surface area (TPSA) is 80.1 Å². The van der Waals surface area contributed by atoms with Crippen LogP contribution in [0.5, 0.6) is 0 Å². The van der Waals surface area contributed by atoms with Crippen LogP contribution in [0.15, 0.2) is 33.8 Å². The van der Waals surface area contributed by atoms with Crippen molar-refractivity contribution in [3.8, 4) is 0 Å². The fraction of sp³-hybridized carbons (Fsp3) is 0.294. The van der Waals surface area contributed by atoms with Crippen molar-refractivity contribution in [1.82, 2.24) is 14.5 Å². The lowest BCUT2D eigenvalue weighted by atomic mass is 10.3.